The average Bonchev–Trinajstić information content (AvgIpc) is 2.67. The summed E-state index contributed by atoms with van der Waals surface area (Å²) in [5, 5.41) is 0. The normalized spacial score (nSPS) is 32.2. The van der Waals surface area contributed by atoms with E-state index in [4.69, 9.17) is 5.73 Å². The Bertz CT molecular complexity index is 706. The monoisotopic (exact) mass is 391 g/mol. The molecule has 3 fully saturated rings. The van der Waals surface area contributed by atoms with Crippen LogP contribution in [-0.4, -0.2) is 47.9 Å². The van der Waals surface area contributed by atoms with Gasteiger partial charge in [-0.3, -0.25) is 9.69 Å². The van der Waals surface area contributed by atoms with Gasteiger partial charge in [-0.05, 0) is 50.5 Å². The number of rotatable bonds is 3. The molecule has 3 aliphatic rings. The molecule has 4 rings (SSSR count). The third-order valence-corrected chi connectivity index (χ3v) is 7.35. The second kappa shape index (κ2) is 8.07. The van der Waals surface area contributed by atoms with Gasteiger partial charge < -0.3 is 10.6 Å². The summed E-state index contributed by atoms with van der Waals surface area (Å²) >= 11 is 0. The number of hydrogen-bond donors (Lipinski definition) is 1. The van der Waals surface area contributed by atoms with Crippen molar-refractivity contribution in [1.82, 2.24) is 9.80 Å². The highest BCUT2D eigenvalue weighted by Crippen LogP contribution is 2.42. The van der Waals surface area contributed by atoms with Crippen LogP contribution in [0.4, 0.5) is 8.78 Å². The Morgan fingerprint density at radius 3 is 2.36 bits per heavy atom. The lowest BCUT2D eigenvalue weighted by Gasteiger charge is -2.45. The van der Waals surface area contributed by atoms with Gasteiger partial charge in [-0.15, -0.1) is 0 Å². The highest BCUT2D eigenvalue weighted by Gasteiger charge is 2.42. The van der Waals surface area contributed by atoms with Crippen LogP contribution < -0.4 is 5.73 Å². The number of benzene rings is 1. The molecule has 1 aliphatic heterocycles. The molecule has 1 aromatic carbocycles. The van der Waals surface area contributed by atoms with Crippen molar-refractivity contribution in [3.8, 4) is 0 Å². The molecule has 1 aromatic rings. The van der Waals surface area contributed by atoms with Gasteiger partial charge in [-0.2, -0.15) is 0 Å². The highest BCUT2D eigenvalue weighted by molar-refractivity contribution is 5.79. The quantitative estimate of drug-likeness (QED) is 0.860. The molecule has 4 nitrogen and oxygen atoms in total. The first-order valence-corrected chi connectivity index (χ1v) is 10.7. The van der Waals surface area contributed by atoms with E-state index in [0.717, 1.165) is 31.7 Å². The van der Waals surface area contributed by atoms with Crippen LogP contribution in [0.15, 0.2) is 18.2 Å². The average molecular weight is 392 g/mol. The zero-order chi connectivity index (χ0) is 19.8. The van der Waals surface area contributed by atoms with Crippen molar-refractivity contribution in [3.63, 3.8) is 0 Å². The minimum absolute atomic E-state index is 0.119. The number of halogens is 2. The van der Waals surface area contributed by atoms with Gasteiger partial charge in [0.1, 0.15) is 11.6 Å². The fourth-order valence-electron chi connectivity index (χ4n) is 5.62. The van der Waals surface area contributed by atoms with Crippen LogP contribution in [0.2, 0.25) is 0 Å². The number of nitrogens with two attached hydrogens (primary N) is 1. The van der Waals surface area contributed by atoms with E-state index in [1.54, 1.807) is 0 Å². The van der Waals surface area contributed by atoms with Gasteiger partial charge in [-0.25, -0.2) is 8.78 Å². The summed E-state index contributed by atoms with van der Waals surface area (Å²) < 4.78 is 27.3. The molecular formula is C22H31F2N3O. The Hall–Kier alpha value is -1.53. The number of carbonyl (C=O) groups is 1. The van der Waals surface area contributed by atoms with Crippen molar-refractivity contribution in [1.29, 1.82) is 0 Å². The first kappa shape index (κ1) is 19.8. The van der Waals surface area contributed by atoms with Crippen LogP contribution in [0.5, 0.6) is 0 Å². The van der Waals surface area contributed by atoms with Gasteiger partial charge in [-0.1, -0.05) is 12.5 Å². The molecule has 1 saturated heterocycles. The summed E-state index contributed by atoms with van der Waals surface area (Å²) in [5.74, 6) is 0.350. The minimum atomic E-state index is -0.555. The lowest BCUT2D eigenvalue weighted by Crippen LogP contribution is -2.54. The van der Waals surface area contributed by atoms with Gasteiger partial charge in [0.2, 0.25) is 5.91 Å². The van der Waals surface area contributed by atoms with Crippen molar-refractivity contribution in [3.05, 3.63) is 35.4 Å². The molecule has 0 spiro atoms. The smallest absolute Gasteiger partial charge is 0.225 e. The number of hydrogen-bond acceptors (Lipinski definition) is 3. The Morgan fingerprint density at radius 1 is 1.11 bits per heavy atom. The van der Waals surface area contributed by atoms with Crippen LogP contribution in [-0.2, 0) is 4.79 Å². The lowest BCUT2D eigenvalue weighted by molar-refractivity contribution is -0.140. The molecule has 6 heteroatoms. The summed E-state index contributed by atoms with van der Waals surface area (Å²) in [6.07, 6.45) is 5.45. The van der Waals surface area contributed by atoms with Crippen molar-refractivity contribution in [2.75, 3.05) is 26.2 Å². The second-order valence-electron chi connectivity index (χ2n) is 8.90. The summed E-state index contributed by atoms with van der Waals surface area (Å²) in [7, 11) is 0. The van der Waals surface area contributed by atoms with E-state index in [9.17, 15) is 13.6 Å². The molecular weight excluding hydrogens is 360 g/mol. The largest absolute Gasteiger partial charge is 0.340 e. The maximum Gasteiger partial charge on any atom is 0.225 e. The summed E-state index contributed by atoms with van der Waals surface area (Å²) in [5.41, 5.74) is 6.88. The molecule has 154 valence electrons. The molecule has 3 unspecified atom stereocenters. The fourth-order valence-corrected chi connectivity index (χ4v) is 5.62. The zero-order valence-electron chi connectivity index (χ0n) is 16.6. The van der Waals surface area contributed by atoms with Crippen LogP contribution in [0.1, 0.15) is 50.6 Å². The van der Waals surface area contributed by atoms with E-state index in [2.05, 4.69) is 4.90 Å². The van der Waals surface area contributed by atoms with Gasteiger partial charge >= 0.3 is 0 Å². The molecule has 28 heavy (non-hydrogen) atoms. The van der Waals surface area contributed by atoms with Gasteiger partial charge in [0.25, 0.3) is 0 Å². The van der Waals surface area contributed by atoms with Crippen molar-refractivity contribution in [2.24, 2.45) is 23.5 Å². The maximum absolute atomic E-state index is 14.1. The first-order chi connectivity index (χ1) is 13.4. The number of amides is 1. The molecule has 2 bridgehead atoms. The lowest BCUT2D eigenvalue weighted by atomic mass is 9.65. The Labute approximate surface area is 166 Å². The van der Waals surface area contributed by atoms with Crippen molar-refractivity contribution in [2.45, 2.75) is 51.1 Å². The Balaban J connectivity index is 1.34. The molecule has 2 saturated carbocycles. The summed E-state index contributed by atoms with van der Waals surface area (Å²) in [4.78, 5) is 17.3. The molecule has 1 amide bonds. The topological polar surface area (TPSA) is 49.6 Å². The van der Waals surface area contributed by atoms with E-state index in [1.807, 2.05) is 11.8 Å². The Kier molecular flexibility index (Phi) is 5.70. The van der Waals surface area contributed by atoms with Gasteiger partial charge in [0.05, 0.1) is 0 Å². The molecule has 3 atom stereocenters. The Morgan fingerprint density at radius 2 is 1.75 bits per heavy atom. The van der Waals surface area contributed by atoms with Gasteiger partial charge in [0, 0.05) is 55.8 Å². The third kappa shape index (κ3) is 3.81. The molecule has 0 aromatic heterocycles. The third-order valence-electron chi connectivity index (χ3n) is 7.35. The van der Waals surface area contributed by atoms with Crippen LogP contribution in [0.3, 0.4) is 0 Å². The first-order valence-electron chi connectivity index (χ1n) is 10.7. The number of carbonyl (C=O) groups excluding carboxylic acids is 1. The van der Waals surface area contributed by atoms with E-state index in [-0.39, 0.29) is 23.9 Å². The van der Waals surface area contributed by atoms with E-state index >= 15 is 0 Å². The van der Waals surface area contributed by atoms with Crippen LogP contribution in [0, 0.1) is 29.4 Å². The van der Waals surface area contributed by atoms with E-state index in [1.165, 1.54) is 18.6 Å². The standard InChI is InChI=1S/C22H31F2N3O/c1-14(19-6-5-18(23)13-20(19)24)26-7-9-27(10-8-26)22(28)17-11-15-3-2-4-16(12-17)21(15)25/h5-6,13-17,21H,2-4,7-12,25H2,1H3. The van der Waals surface area contributed by atoms with Crippen molar-refractivity contribution >= 4 is 5.91 Å². The number of fused-ring (bicyclic) bond motifs is 2. The minimum Gasteiger partial charge on any atom is -0.340 e. The maximum atomic E-state index is 14.1. The zero-order valence-corrected chi connectivity index (χ0v) is 16.6. The van der Waals surface area contributed by atoms with Gasteiger partial charge in [0.15, 0.2) is 0 Å². The van der Waals surface area contributed by atoms with E-state index in [0.29, 0.717) is 43.6 Å². The summed E-state index contributed by atoms with van der Waals surface area (Å²) in [6.45, 7) is 4.71. The predicted molar refractivity (Wildman–Crippen MR) is 104 cm³/mol. The van der Waals surface area contributed by atoms with Crippen molar-refractivity contribution < 1.29 is 13.6 Å². The second-order valence-corrected chi connectivity index (χ2v) is 8.90. The fraction of sp³-hybridized carbons (Fsp3) is 0.682. The summed E-state index contributed by atoms with van der Waals surface area (Å²) in [6, 6.07) is 3.91. The predicted octanol–water partition coefficient (Wildman–Crippen LogP) is 3.32. The number of piperazine rings is 1. The SMILES string of the molecule is CC(c1ccc(F)cc1F)N1CCN(C(=O)C2CC3CCCC(C2)C3N)CC1. The molecule has 2 N–H and O–H groups in total. The molecule has 1 heterocycles. The van der Waals surface area contributed by atoms with E-state index < -0.39 is 11.6 Å². The van der Waals surface area contributed by atoms with Crippen LogP contribution in [0.25, 0.3) is 0 Å². The van der Waals surface area contributed by atoms with Crippen LogP contribution >= 0.6 is 0 Å². The molecule has 0 radical (unpaired) electrons. The molecule has 2 aliphatic carbocycles. The number of nitrogens with zero attached hydrogens (tertiary/aromatic N) is 2. The highest BCUT2D eigenvalue weighted by atomic mass is 19.1.